The Labute approximate surface area is 114 Å². The normalized spacial score (nSPS) is 12.5. The molecular weight excluding hydrogens is 310 g/mol. The van der Waals surface area contributed by atoms with Crippen LogP contribution >= 0.6 is 11.3 Å². The number of thiophene rings is 1. The van der Waals surface area contributed by atoms with E-state index in [9.17, 15) is 21.9 Å². The molecule has 2 rings (SSSR count). The zero-order valence-corrected chi connectivity index (χ0v) is 11.8. The van der Waals surface area contributed by atoms with Crippen molar-refractivity contribution in [3.8, 4) is 5.75 Å². The Balaban J connectivity index is 2.73. The van der Waals surface area contributed by atoms with Crippen molar-refractivity contribution in [3.05, 3.63) is 35.7 Å². The van der Waals surface area contributed by atoms with Gasteiger partial charge in [-0.3, -0.25) is 0 Å². The number of sulfonamides is 1. The summed E-state index contributed by atoms with van der Waals surface area (Å²) >= 11 is 0.710. The fourth-order valence-corrected chi connectivity index (χ4v) is 5.60. The van der Waals surface area contributed by atoms with Gasteiger partial charge in [-0.15, -0.1) is 11.3 Å². The third kappa shape index (κ3) is 2.50. The second-order valence-corrected chi connectivity index (χ2v) is 8.15. The minimum Gasteiger partial charge on any atom is -0.507 e. The molecule has 6 nitrogen and oxygen atoms in total. The summed E-state index contributed by atoms with van der Waals surface area (Å²) in [5.41, 5.74) is 0. The van der Waals surface area contributed by atoms with E-state index in [2.05, 4.69) is 0 Å². The third-order valence-electron chi connectivity index (χ3n) is 2.30. The van der Waals surface area contributed by atoms with E-state index in [0.29, 0.717) is 11.3 Å². The number of rotatable bonds is 3. The van der Waals surface area contributed by atoms with Crippen LogP contribution < -0.4 is 5.14 Å². The summed E-state index contributed by atoms with van der Waals surface area (Å²) in [5, 5.41) is 15.9. The van der Waals surface area contributed by atoms with E-state index in [1.54, 1.807) is 0 Å². The van der Waals surface area contributed by atoms with Gasteiger partial charge in [-0.2, -0.15) is 0 Å². The standard InChI is InChI=1S/C10H9NO5S3/c11-19(15,16)10-9(5-6-17-10)18(13,14)8-4-2-1-3-7(8)12/h1-6,12H,(H2,11,15,16). The molecule has 0 aliphatic rings. The Bertz CT molecular complexity index is 820. The zero-order chi connectivity index (χ0) is 14.3. The molecule has 0 radical (unpaired) electrons. The second kappa shape index (κ2) is 4.60. The van der Waals surface area contributed by atoms with E-state index in [4.69, 9.17) is 5.14 Å². The fraction of sp³-hybridized carbons (Fsp3) is 0. The van der Waals surface area contributed by atoms with E-state index in [1.165, 1.54) is 29.6 Å². The minimum absolute atomic E-state index is 0.363. The molecule has 0 fully saturated rings. The van der Waals surface area contributed by atoms with Crippen LogP contribution in [0.3, 0.4) is 0 Å². The lowest BCUT2D eigenvalue weighted by Gasteiger charge is -2.06. The van der Waals surface area contributed by atoms with Crippen LogP contribution in [0.15, 0.2) is 49.7 Å². The van der Waals surface area contributed by atoms with Crippen molar-refractivity contribution < 1.29 is 21.9 Å². The number of hydrogen-bond acceptors (Lipinski definition) is 6. The van der Waals surface area contributed by atoms with Crippen LogP contribution in [-0.2, 0) is 19.9 Å². The predicted molar refractivity (Wildman–Crippen MR) is 69.3 cm³/mol. The number of hydrogen-bond donors (Lipinski definition) is 2. The zero-order valence-electron chi connectivity index (χ0n) is 9.35. The van der Waals surface area contributed by atoms with Gasteiger partial charge in [-0.05, 0) is 23.6 Å². The lowest BCUT2D eigenvalue weighted by Crippen LogP contribution is -2.14. The van der Waals surface area contributed by atoms with Crippen molar-refractivity contribution in [2.24, 2.45) is 5.14 Å². The fourth-order valence-electron chi connectivity index (χ4n) is 1.49. The topological polar surface area (TPSA) is 115 Å². The molecule has 0 aliphatic heterocycles. The molecule has 9 heteroatoms. The summed E-state index contributed by atoms with van der Waals surface area (Å²) in [6.45, 7) is 0. The maximum absolute atomic E-state index is 12.3. The minimum atomic E-state index is -4.14. The van der Waals surface area contributed by atoms with Gasteiger partial charge in [0.25, 0.3) is 0 Å². The van der Waals surface area contributed by atoms with E-state index >= 15 is 0 Å². The first-order valence-corrected chi connectivity index (χ1v) is 8.79. The summed E-state index contributed by atoms with van der Waals surface area (Å²) < 4.78 is 46.8. The lowest BCUT2D eigenvalue weighted by atomic mass is 10.3. The molecule has 1 heterocycles. The average molecular weight is 319 g/mol. The Kier molecular flexibility index (Phi) is 3.39. The summed E-state index contributed by atoms with van der Waals surface area (Å²) in [4.78, 5) is -0.792. The molecule has 0 bridgehead atoms. The van der Waals surface area contributed by atoms with Crippen molar-refractivity contribution in [2.45, 2.75) is 14.0 Å². The van der Waals surface area contributed by atoms with Gasteiger partial charge in [0, 0.05) is 0 Å². The molecule has 3 N–H and O–H groups in total. The number of aromatic hydroxyl groups is 1. The Morgan fingerprint density at radius 2 is 1.63 bits per heavy atom. The van der Waals surface area contributed by atoms with Crippen molar-refractivity contribution in [1.29, 1.82) is 0 Å². The third-order valence-corrected chi connectivity index (χ3v) is 6.83. The van der Waals surface area contributed by atoms with Crippen molar-refractivity contribution in [2.75, 3.05) is 0 Å². The molecule has 0 amide bonds. The van der Waals surface area contributed by atoms with Gasteiger partial charge >= 0.3 is 0 Å². The predicted octanol–water partition coefficient (Wildman–Crippen LogP) is 0.934. The van der Waals surface area contributed by atoms with Gasteiger partial charge in [0.15, 0.2) is 4.21 Å². The lowest BCUT2D eigenvalue weighted by molar-refractivity contribution is 0.458. The largest absolute Gasteiger partial charge is 0.507 e. The number of para-hydroxylation sites is 1. The molecule has 0 saturated heterocycles. The van der Waals surface area contributed by atoms with Crippen LogP contribution in [0.5, 0.6) is 5.75 Å². The van der Waals surface area contributed by atoms with Gasteiger partial charge in [0.2, 0.25) is 19.9 Å². The van der Waals surface area contributed by atoms with Gasteiger partial charge < -0.3 is 5.11 Å². The average Bonchev–Trinajstić information content (AvgIpc) is 2.78. The van der Waals surface area contributed by atoms with Crippen molar-refractivity contribution in [3.63, 3.8) is 0 Å². The van der Waals surface area contributed by atoms with E-state index in [-0.39, 0.29) is 4.90 Å². The van der Waals surface area contributed by atoms with Gasteiger partial charge in [0.1, 0.15) is 15.5 Å². The molecule has 0 spiro atoms. The van der Waals surface area contributed by atoms with Gasteiger partial charge in [0.05, 0.1) is 0 Å². The first kappa shape index (κ1) is 14.0. The van der Waals surface area contributed by atoms with Crippen molar-refractivity contribution in [1.82, 2.24) is 0 Å². The van der Waals surface area contributed by atoms with E-state index in [0.717, 1.165) is 6.07 Å². The number of nitrogens with two attached hydrogens (primary N) is 1. The molecule has 0 aliphatic carbocycles. The molecular formula is C10H9NO5S3. The van der Waals surface area contributed by atoms with E-state index < -0.39 is 34.7 Å². The summed E-state index contributed by atoms with van der Waals surface area (Å²) in [7, 11) is -8.28. The number of phenols is 1. The SMILES string of the molecule is NS(=O)(=O)c1sccc1S(=O)(=O)c1ccccc1O. The quantitative estimate of drug-likeness (QED) is 0.873. The van der Waals surface area contributed by atoms with E-state index in [1.807, 2.05) is 0 Å². The molecule has 1 aromatic heterocycles. The summed E-state index contributed by atoms with van der Waals surface area (Å²) in [6, 6.07) is 6.43. The molecule has 0 unspecified atom stereocenters. The highest BCUT2D eigenvalue weighted by Crippen LogP contribution is 2.34. The van der Waals surface area contributed by atoms with Crippen LogP contribution in [0.2, 0.25) is 0 Å². The van der Waals surface area contributed by atoms with Gasteiger partial charge in [-0.25, -0.2) is 22.0 Å². The van der Waals surface area contributed by atoms with Crippen LogP contribution in [-0.4, -0.2) is 21.9 Å². The van der Waals surface area contributed by atoms with Gasteiger partial charge in [-0.1, -0.05) is 12.1 Å². The molecule has 0 saturated carbocycles. The molecule has 1 aromatic carbocycles. The maximum Gasteiger partial charge on any atom is 0.248 e. The Hall–Kier alpha value is -1.42. The van der Waals surface area contributed by atoms with Crippen LogP contribution in [0.25, 0.3) is 0 Å². The monoisotopic (exact) mass is 319 g/mol. The Morgan fingerprint density at radius 3 is 2.21 bits per heavy atom. The highest BCUT2D eigenvalue weighted by molar-refractivity contribution is 7.94. The molecule has 2 aromatic rings. The Morgan fingerprint density at radius 1 is 1.00 bits per heavy atom. The summed E-state index contributed by atoms with van der Waals surface area (Å²) in [5.74, 6) is -0.450. The summed E-state index contributed by atoms with van der Waals surface area (Å²) in [6.07, 6.45) is 0. The first-order chi connectivity index (χ1) is 8.74. The number of phenolic OH excluding ortho intramolecular Hbond substituents is 1. The first-order valence-electron chi connectivity index (χ1n) is 4.88. The number of primary sulfonamides is 1. The highest BCUT2D eigenvalue weighted by atomic mass is 32.2. The molecule has 0 atom stereocenters. The van der Waals surface area contributed by atoms with Crippen molar-refractivity contribution >= 4 is 31.2 Å². The van der Waals surface area contributed by atoms with Crippen LogP contribution in [0.1, 0.15) is 0 Å². The molecule has 102 valence electrons. The van der Waals surface area contributed by atoms with Crippen LogP contribution in [0, 0.1) is 0 Å². The molecule has 19 heavy (non-hydrogen) atoms. The second-order valence-electron chi connectivity index (χ2n) is 3.59. The number of sulfone groups is 1. The smallest absolute Gasteiger partial charge is 0.248 e. The number of benzene rings is 1. The highest BCUT2D eigenvalue weighted by Gasteiger charge is 2.29. The van der Waals surface area contributed by atoms with Crippen LogP contribution in [0.4, 0.5) is 0 Å². The maximum atomic E-state index is 12.3.